The Morgan fingerprint density at radius 2 is 2.06 bits per heavy atom. The Morgan fingerprint density at radius 3 is 2.75 bits per heavy atom. The summed E-state index contributed by atoms with van der Waals surface area (Å²) in [7, 11) is 0. The number of rotatable bonds is 6. The van der Waals surface area contributed by atoms with Crippen molar-refractivity contribution in [2.45, 2.75) is 31.9 Å². The van der Waals surface area contributed by atoms with Gasteiger partial charge >= 0.3 is 0 Å². The molecule has 3 unspecified atom stereocenters. The zero-order valence-corrected chi connectivity index (χ0v) is 10.1. The van der Waals surface area contributed by atoms with Crippen LogP contribution >= 0.6 is 0 Å². The molecule has 0 aromatic carbocycles. The normalized spacial score (nSPS) is 32.1. The molecule has 2 rings (SSSR count). The molecule has 2 heterocycles. The van der Waals surface area contributed by atoms with Gasteiger partial charge in [0.05, 0.1) is 25.9 Å². The van der Waals surface area contributed by atoms with E-state index in [2.05, 4.69) is 12.2 Å². The Balaban J connectivity index is 1.51. The van der Waals surface area contributed by atoms with Crippen LogP contribution in [-0.4, -0.2) is 51.7 Å². The van der Waals surface area contributed by atoms with Crippen molar-refractivity contribution in [3.63, 3.8) is 0 Å². The van der Waals surface area contributed by atoms with Crippen LogP contribution in [0, 0.1) is 5.92 Å². The molecule has 4 heteroatoms. The fourth-order valence-electron chi connectivity index (χ4n) is 2.10. The van der Waals surface area contributed by atoms with Crippen molar-refractivity contribution >= 4 is 0 Å². The second kappa shape index (κ2) is 6.55. The maximum Gasteiger partial charge on any atom is 0.0831 e. The minimum Gasteiger partial charge on any atom is -0.381 e. The second-order valence-electron chi connectivity index (χ2n) is 4.86. The molecule has 1 N–H and O–H groups in total. The third-order valence-corrected chi connectivity index (χ3v) is 3.25. The lowest BCUT2D eigenvalue weighted by molar-refractivity contribution is 0.0319. The SMILES string of the molecule is CC(COC1CCOC1)NCC1CCOC1. The van der Waals surface area contributed by atoms with Gasteiger partial charge in [-0.3, -0.25) is 0 Å². The molecule has 0 spiro atoms. The van der Waals surface area contributed by atoms with Crippen LogP contribution in [-0.2, 0) is 14.2 Å². The second-order valence-corrected chi connectivity index (χ2v) is 4.86. The van der Waals surface area contributed by atoms with Crippen LogP contribution in [0.25, 0.3) is 0 Å². The van der Waals surface area contributed by atoms with Crippen molar-refractivity contribution in [2.75, 3.05) is 39.6 Å². The highest BCUT2D eigenvalue weighted by Crippen LogP contribution is 2.11. The third kappa shape index (κ3) is 4.01. The Hall–Kier alpha value is -0.160. The summed E-state index contributed by atoms with van der Waals surface area (Å²) in [6.45, 7) is 7.46. The van der Waals surface area contributed by atoms with Gasteiger partial charge in [0, 0.05) is 25.8 Å². The van der Waals surface area contributed by atoms with Crippen molar-refractivity contribution in [2.24, 2.45) is 5.92 Å². The molecule has 0 bridgehead atoms. The van der Waals surface area contributed by atoms with Crippen molar-refractivity contribution in [1.29, 1.82) is 0 Å². The summed E-state index contributed by atoms with van der Waals surface area (Å²) >= 11 is 0. The van der Waals surface area contributed by atoms with E-state index < -0.39 is 0 Å². The molecular weight excluding hydrogens is 206 g/mol. The highest BCUT2D eigenvalue weighted by molar-refractivity contribution is 4.70. The van der Waals surface area contributed by atoms with Gasteiger partial charge in [-0.15, -0.1) is 0 Å². The molecule has 0 aliphatic carbocycles. The molecule has 2 saturated heterocycles. The molecule has 2 aliphatic rings. The molecule has 4 nitrogen and oxygen atoms in total. The molecule has 2 fully saturated rings. The monoisotopic (exact) mass is 229 g/mol. The number of hydrogen-bond acceptors (Lipinski definition) is 4. The fraction of sp³-hybridized carbons (Fsp3) is 1.00. The largest absolute Gasteiger partial charge is 0.381 e. The minimum absolute atomic E-state index is 0.319. The topological polar surface area (TPSA) is 39.7 Å². The first kappa shape index (κ1) is 12.3. The van der Waals surface area contributed by atoms with Crippen LogP contribution in [0.1, 0.15) is 19.8 Å². The van der Waals surface area contributed by atoms with Gasteiger partial charge < -0.3 is 19.5 Å². The first-order chi connectivity index (χ1) is 7.84. The van der Waals surface area contributed by atoms with E-state index in [0.29, 0.717) is 18.1 Å². The molecule has 2 aliphatic heterocycles. The van der Waals surface area contributed by atoms with Crippen molar-refractivity contribution in [3.05, 3.63) is 0 Å². The van der Waals surface area contributed by atoms with E-state index in [9.17, 15) is 0 Å². The van der Waals surface area contributed by atoms with Gasteiger partial charge in [0.15, 0.2) is 0 Å². The molecule has 16 heavy (non-hydrogen) atoms. The first-order valence-corrected chi connectivity index (χ1v) is 6.35. The zero-order valence-electron chi connectivity index (χ0n) is 10.1. The van der Waals surface area contributed by atoms with E-state index >= 15 is 0 Å². The average molecular weight is 229 g/mol. The molecule has 0 saturated carbocycles. The molecule has 94 valence electrons. The number of ether oxygens (including phenoxy) is 3. The minimum atomic E-state index is 0.319. The van der Waals surface area contributed by atoms with Gasteiger partial charge in [0.25, 0.3) is 0 Å². The van der Waals surface area contributed by atoms with Crippen molar-refractivity contribution in [1.82, 2.24) is 5.32 Å². The van der Waals surface area contributed by atoms with Gasteiger partial charge in [-0.05, 0) is 25.7 Å². The van der Waals surface area contributed by atoms with Crippen molar-refractivity contribution < 1.29 is 14.2 Å². The highest BCUT2D eigenvalue weighted by atomic mass is 16.5. The Labute approximate surface area is 97.6 Å². The lowest BCUT2D eigenvalue weighted by Gasteiger charge is -2.18. The molecule has 0 aromatic rings. The molecule has 0 amide bonds. The number of hydrogen-bond donors (Lipinski definition) is 1. The Bertz CT molecular complexity index is 169. The lowest BCUT2D eigenvalue weighted by atomic mass is 10.1. The summed E-state index contributed by atoms with van der Waals surface area (Å²) in [4.78, 5) is 0. The molecular formula is C12H23NO3. The molecule has 3 atom stereocenters. The summed E-state index contributed by atoms with van der Waals surface area (Å²) in [6, 6.07) is 0.418. The van der Waals surface area contributed by atoms with E-state index in [1.165, 1.54) is 6.42 Å². The summed E-state index contributed by atoms with van der Waals surface area (Å²) < 4.78 is 16.4. The van der Waals surface area contributed by atoms with E-state index in [0.717, 1.165) is 46.0 Å². The van der Waals surface area contributed by atoms with Crippen LogP contribution in [0.15, 0.2) is 0 Å². The summed E-state index contributed by atoms with van der Waals surface area (Å²) in [5, 5.41) is 3.50. The maximum absolute atomic E-state index is 5.76. The van der Waals surface area contributed by atoms with Crippen molar-refractivity contribution in [3.8, 4) is 0 Å². The fourth-order valence-corrected chi connectivity index (χ4v) is 2.10. The van der Waals surface area contributed by atoms with Gasteiger partial charge in [-0.25, -0.2) is 0 Å². The van der Waals surface area contributed by atoms with Gasteiger partial charge in [-0.1, -0.05) is 0 Å². The summed E-state index contributed by atoms with van der Waals surface area (Å²) in [5.41, 5.74) is 0. The van der Waals surface area contributed by atoms with Crippen LogP contribution < -0.4 is 5.32 Å². The Morgan fingerprint density at radius 1 is 1.25 bits per heavy atom. The average Bonchev–Trinajstić information content (AvgIpc) is 2.96. The summed E-state index contributed by atoms with van der Waals surface area (Å²) in [5.74, 6) is 0.692. The van der Waals surface area contributed by atoms with Gasteiger partial charge in [0.2, 0.25) is 0 Å². The smallest absolute Gasteiger partial charge is 0.0831 e. The quantitative estimate of drug-likeness (QED) is 0.731. The van der Waals surface area contributed by atoms with Crippen LogP contribution in [0.2, 0.25) is 0 Å². The maximum atomic E-state index is 5.76. The van der Waals surface area contributed by atoms with Crippen LogP contribution in [0.4, 0.5) is 0 Å². The standard InChI is InChI=1S/C12H23NO3/c1-10(7-16-12-3-5-15-9-12)13-6-11-2-4-14-8-11/h10-13H,2-9H2,1H3. The van der Waals surface area contributed by atoms with Gasteiger partial charge in [-0.2, -0.15) is 0 Å². The molecule has 0 aromatic heterocycles. The van der Waals surface area contributed by atoms with Crippen LogP contribution in [0.3, 0.4) is 0 Å². The highest BCUT2D eigenvalue weighted by Gasteiger charge is 2.18. The predicted octanol–water partition coefficient (Wildman–Crippen LogP) is 0.806. The van der Waals surface area contributed by atoms with Gasteiger partial charge in [0.1, 0.15) is 0 Å². The molecule has 0 radical (unpaired) electrons. The van der Waals surface area contributed by atoms with E-state index in [1.54, 1.807) is 0 Å². The van der Waals surface area contributed by atoms with E-state index in [-0.39, 0.29) is 0 Å². The van der Waals surface area contributed by atoms with Crippen LogP contribution in [0.5, 0.6) is 0 Å². The van der Waals surface area contributed by atoms with E-state index in [1.807, 2.05) is 0 Å². The first-order valence-electron chi connectivity index (χ1n) is 6.35. The van der Waals surface area contributed by atoms with E-state index in [4.69, 9.17) is 14.2 Å². The zero-order chi connectivity index (χ0) is 11.2. The predicted molar refractivity (Wildman–Crippen MR) is 61.6 cm³/mol. The number of nitrogens with one attached hydrogen (secondary N) is 1. The third-order valence-electron chi connectivity index (χ3n) is 3.25. The lowest BCUT2D eigenvalue weighted by Crippen LogP contribution is -2.36. The Kier molecular flexibility index (Phi) is 5.03. The summed E-state index contributed by atoms with van der Waals surface area (Å²) in [6.07, 6.45) is 2.55.